The van der Waals surface area contributed by atoms with E-state index in [9.17, 15) is 14.0 Å². The van der Waals surface area contributed by atoms with Gasteiger partial charge in [0.15, 0.2) is 0 Å². The normalized spacial score (nSPS) is 16.1. The first-order valence-electron chi connectivity index (χ1n) is 9.00. The zero-order valence-corrected chi connectivity index (χ0v) is 14.9. The van der Waals surface area contributed by atoms with Crippen LogP contribution in [0.3, 0.4) is 0 Å². The van der Waals surface area contributed by atoms with Gasteiger partial charge in [-0.3, -0.25) is 14.6 Å². The van der Waals surface area contributed by atoms with E-state index in [4.69, 9.17) is 4.74 Å². The van der Waals surface area contributed by atoms with Gasteiger partial charge in [-0.2, -0.15) is 0 Å². The van der Waals surface area contributed by atoms with Crippen molar-refractivity contribution < 1.29 is 18.7 Å². The Bertz CT molecular complexity index is 789. The molecule has 0 aliphatic carbocycles. The van der Waals surface area contributed by atoms with E-state index in [1.165, 1.54) is 24.4 Å². The molecule has 0 bridgehead atoms. The fraction of sp³-hybridized carbons (Fsp3) is 0.350. The molecule has 3 rings (SSSR count). The first kappa shape index (κ1) is 19.0. The Morgan fingerprint density at radius 2 is 1.96 bits per heavy atom. The number of hydrogen-bond donors (Lipinski definition) is 2. The summed E-state index contributed by atoms with van der Waals surface area (Å²) in [5, 5.41) is 5.58. The predicted octanol–water partition coefficient (Wildman–Crippen LogP) is 2.10. The van der Waals surface area contributed by atoms with Crippen molar-refractivity contribution in [2.75, 3.05) is 19.7 Å². The second kappa shape index (κ2) is 9.23. The van der Waals surface area contributed by atoms with Gasteiger partial charge in [0.25, 0.3) is 11.8 Å². The van der Waals surface area contributed by atoms with Gasteiger partial charge in [0, 0.05) is 31.5 Å². The summed E-state index contributed by atoms with van der Waals surface area (Å²) >= 11 is 0. The quantitative estimate of drug-likeness (QED) is 0.781. The monoisotopic (exact) mass is 371 g/mol. The number of carbonyl (C=O) groups is 2. The lowest BCUT2D eigenvalue weighted by Crippen LogP contribution is -2.32. The molecule has 2 N–H and O–H groups in total. The third-order valence-corrected chi connectivity index (χ3v) is 4.38. The van der Waals surface area contributed by atoms with Gasteiger partial charge in [-0.1, -0.05) is 12.1 Å². The molecule has 2 amide bonds. The molecule has 0 saturated carbocycles. The highest BCUT2D eigenvalue weighted by Crippen LogP contribution is 2.11. The van der Waals surface area contributed by atoms with Crippen LogP contribution in [-0.2, 0) is 11.2 Å². The molecule has 7 heteroatoms. The lowest BCUT2D eigenvalue weighted by atomic mass is 10.1. The highest BCUT2D eigenvalue weighted by molar-refractivity contribution is 5.98. The average Bonchev–Trinajstić information content (AvgIpc) is 3.21. The van der Waals surface area contributed by atoms with E-state index in [-0.39, 0.29) is 29.4 Å². The van der Waals surface area contributed by atoms with Crippen molar-refractivity contribution in [3.05, 3.63) is 65.2 Å². The summed E-state index contributed by atoms with van der Waals surface area (Å²) in [4.78, 5) is 28.5. The van der Waals surface area contributed by atoms with Gasteiger partial charge in [-0.05, 0) is 49.1 Å². The Morgan fingerprint density at radius 1 is 1.15 bits per heavy atom. The highest BCUT2D eigenvalue weighted by atomic mass is 19.1. The Kier molecular flexibility index (Phi) is 6.49. The van der Waals surface area contributed by atoms with Crippen LogP contribution in [0.2, 0.25) is 0 Å². The molecule has 0 radical (unpaired) electrons. The summed E-state index contributed by atoms with van der Waals surface area (Å²) in [6.07, 6.45) is 4.03. The zero-order valence-electron chi connectivity index (χ0n) is 14.9. The number of benzene rings is 1. The number of nitrogens with one attached hydrogen (secondary N) is 2. The number of carbonyl (C=O) groups excluding carboxylic acids is 2. The lowest BCUT2D eigenvalue weighted by Gasteiger charge is -2.11. The van der Waals surface area contributed by atoms with Gasteiger partial charge in [0.2, 0.25) is 0 Å². The Labute approximate surface area is 157 Å². The smallest absolute Gasteiger partial charge is 0.269 e. The van der Waals surface area contributed by atoms with E-state index in [1.54, 1.807) is 18.2 Å². The van der Waals surface area contributed by atoms with Crippen molar-refractivity contribution >= 4 is 11.8 Å². The van der Waals surface area contributed by atoms with E-state index in [2.05, 4.69) is 15.6 Å². The molecule has 1 aromatic carbocycles. The minimum absolute atomic E-state index is 0.0602. The van der Waals surface area contributed by atoms with Gasteiger partial charge >= 0.3 is 0 Å². The molecule has 6 nitrogen and oxygen atoms in total. The maximum atomic E-state index is 12.9. The van der Waals surface area contributed by atoms with Crippen molar-refractivity contribution in [3.63, 3.8) is 0 Å². The van der Waals surface area contributed by atoms with Gasteiger partial charge in [0.1, 0.15) is 11.5 Å². The van der Waals surface area contributed by atoms with Crippen LogP contribution < -0.4 is 10.6 Å². The molecule has 1 fully saturated rings. The number of amides is 2. The molecule has 1 aromatic heterocycles. The minimum Gasteiger partial charge on any atom is -0.376 e. The van der Waals surface area contributed by atoms with Crippen LogP contribution >= 0.6 is 0 Å². The maximum absolute atomic E-state index is 12.9. The van der Waals surface area contributed by atoms with Gasteiger partial charge in [-0.25, -0.2) is 4.39 Å². The number of rotatable bonds is 7. The largest absolute Gasteiger partial charge is 0.376 e. The van der Waals surface area contributed by atoms with Crippen molar-refractivity contribution in [1.29, 1.82) is 0 Å². The molecule has 1 aliphatic heterocycles. The number of aromatic nitrogens is 1. The summed E-state index contributed by atoms with van der Waals surface area (Å²) in [6.45, 7) is 1.58. The summed E-state index contributed by atoms with van der Waals surface area (Å²) in [7, 11) is 0. The first-order valence-corrected chi connectivity index (χ1v) is 9.00. The van der Waals surface area contributed by atoms with Crippen LogP contribution in [-0.4, -0.2) is 42.6 Å². The number of nitrogens with zero attached hydrogens (tertiary/aromatic N) is 1. The lowest BCUT2D eigenvalue weighted by molar-refractivity contribution is 0.0857. The molecule has 27 heavy (non-hydrogen) atoms. The Balaban J connectivity index is 1.50. The van der Waals surface area contributed by atoms with E-state index in [1.807, 2.05) is 0 Å². The Hall–Kier alpha value is -2.80. The van der Waals surface area contributed by atoms with E-state index in [0.29, 0.717) is 25.1 Å². The topological polar surface area (TPSA) is 80.3 Å². The molecular formula is C20H22FN3O3. The summed E-state index contributed by atoms with van der Waals surface area (Å²) in [6, 6.07) is 9.17. The van der Waals surface area contributed by atoms with Crippen molar-refractivity contribution in [3.8, 4) is 0 Å². The molecule has 142 valence electrons. The van der Waals surface area contributed by atoms with Crippen LogP contribution in [0.1, 0.15) is 39.3 Å². The average molecular weight is 371 g/mol. The molecule has 1 atom stereocenters. The molecule has 1 aliphatic rings. The van der Waals surface area contributed by atoms with Crippen LogP contribution in [0.15, 0.2) is 42.6 Å². The molecule has 2 heterocycles. The van der Waals surface area contributed by atoms with Crippen LogP contribution in [0.4, 0.5) is 4.39 Å². The Morgan fingerprint density at radius 3 is 2.70 bits per heavy atom. The highest BCUT2D eigenvalue weighted by Gasteiger charge is 2.17. The van der Waals surface area contributed by atoms with Gasteiger partial charge in [0.05, 0.1) is 6.10 Å². The number of ether oxygens (including phenoxy) is 1. The number of pyridine rings is 1. The second-order valence-corrected chi connectivity index (χ2v) is 6.41. The fourth-order valence-corrected chi connectivity index (χ4v) is 2.87. The molecule has 1 saturated heterocycles. The summed E-state index contributed by atoms with van der Waals surface area (Å²) < 4.78 is 18.4. The number of halogens is 1. The number of hydrogen-bond acceptors (Lipinski definition) is 4. The maximum Gasteiger partial charge on any atom is 0.269 e. The van der Waals surface area contributed by atoms with Crippen LogP contribution in [0, 0.1) is 5.82 Å². The third kappa shape index (κ3) is 5.59. The van der Waals surface area contributed by atoms with Crippen molar-refractivity contribution in [2.45, 2.75) is 25.4 Å². The minimum atomic E-state index is -0.356. The molecule has 1 unspecified atom stereocenters. The third-order valence-electron chi connectivity index (χ3n) is 4.38. The first-order chi connectivity index (χ1) is 13.1. The van der Waals surface area contributed by atoms with E-state index in [0.717, 1.165) is 25.0 Å². The standard InChI is InChI=1S/C20H22FN3O3/c21-16-5-3-14(4-6-16)7-9-23-20(26)18-12-15(8-10-22-18)19(25)24-13-17-2-1-11-27-17/h3-6,8,10,12,17H,1-2,7,9,11,13H2,(H,23,26)(H,24,25). The fourth-order valence-electron chi connectivity index (χ4n) is 2.87. The zero-order chi connectivity index (χ0) is 19.1. The van der Waals surface area contributed by atoms with Crippen molar-refractivity contribution in [1.82, 2.24) is 15.6 Å². The van der Waals surface area contributed by atoms with Gasteiger partial charge in [-0.15, -0.1) is 0 Å². The van der Waals surface area contributed by atoms with E-state index >= 15 is 0 Å². The second-order valence-electron chi connectivity index (χ2n) is 6.41. The molecule has 0 spiro atoms. The van der Waals surface area contributed by atoms with Crippen LogP contribution in [0.25, 0.3) is 0 Å². The van der Waals surface area contributed by atoms with Crippen LogP contribution in [0.5, 0.6) is 0 Å². The summed E-state index contributed by atoms with van der Waals surface area (Å²) in [5.41, 5.74) is 1.48. The van der Waals surface area contributed by atoms with Crippen molar-refractivity contribution in [2.24, 2.45) is 0 Å². The molecular weight excluding hydrogens is 349 g/mol. The SMILES string of the molecule is O=C(NCC1CCCO1)c1ccnc(C(=O)NCCc2ccc(F)cc2)c1. The van der Waals surface area contributed by atoms with Gasteiger partial charge < -0.3 is 15.4 Å². The predicted molar refractivity (Wildman–Crippen MR) is 98.0 cm³/mol. The summed E-state index contributed by atoms with van der Waals surface area (Å²) in [5.74, 6) is -0.902. The molecule has 2 aromatic rings. The van der Waals surface area contributed by atoms with E-state index < -0.39 is 0 Å².